The summed E-state index contributed by atoms with van der Waals surface area (Å²) in [6.07, 6.45) is -0.273. The molecule has 0 aliphatic carbocycles. The van der Waals surface area contributed by atoms with Crippen molar-refractivity contribution >= 4 is 23.0 Å². The first-order valence-corrected chi connectivity index (χ1v) is 4.47. The van der Waals surface area contributed by atoms with E-state index in [0.717, 1.165) is 0 Å². The van der Waals surface area contributed by atoms with Gasteiger partial charge in [-0.3, -0.25) is 0 Å². The molecule has 1 aliphatic heterocycles. The summed E-state index contributed by atoms with van der Waals surface area (Å²) in [4.78, 5) is 0. The Morgan fingerprint density at radius 3 is 2.86 bits per heavy atom. The van der Waals surface area contributed by atoms with Gasteiger partial charge in [-0.1, -0.05) is 11.6 Å². The van der Waals surface area contributed by atoms with E-state index in [2.05, 4.69) is 6.92 Å². The lowest BCUT2D eigenvalue weighted by molar-refractivity contribution is 0.123. The van der Waals surface area contributed by atoms with E-state index in [4.69, 9.17) is 32.5 Å². The first kappa shape index (κ1) is 9.27. The number of benzene rings is 1. The van der Waals surface area contributed by atoms with Gasteiger partial charge in [0.1, 0.15) is 12.7 Å². The third-order valence-corrected chi connectivity index (χ3v) is 2.26. The van der Waals surface area contributed by atoms with E-state index >= 15 is 0 Å². The molecule has 0 saturated carbocycles. The molecule has 2 rings (SSSR count). The Morgan fingerprint density at radius 1 is 1.43 bits per heavy atom. The third-order valence-electron chi connectivity index (χ3n) is 1.95. The highest BCUT2D eigenvalue weighted by molar-refractivity contribution is 6.34. The van der Waals surface area contributed by atoms with E-state index in [0.29, 0.717) is 34.5 Å². The minimum absolute atomic E-state index is 0.273. The fourth-order valence-electron chi connectivity index (χ4n) is 1.28. The van der Waals surface area contributed by atoms with Crippen LogP contribution in [-0.4, -0.2) is 12.7 Å². The molecule has 0 saturated heterocycles. The second kappa shape index (κ2) is 3.13. The molecule has 1 aliphatic rings. The summed E-state index contributed by atoms with van der Waals surface area (Å²) < 4.78 is 10.7. The average molecular weight is 214 g/mol. The largest absolute Gasteiger partial charge is 0.484 e. The number of rotatable bonds is 0. The number of halogens is 1. The van der Waals surface area contributed by atoms with Crippen LogP contribution in [0.25, 0.3) is 0 Å². The SMILES string of the molecule is [CH2]C1COc2c(N)c(Cl)cc(N)c2O1. The van der Waals surface area contributed by atoms with Gasteiger partial charge in [0.15, 0.2) is 11.5 Å². The molecule has 75 valence electrons. The lowest BCUT2D eigenvalue weighted by atomic mass is 10.2. The number of fused-ring (bicyclic) bond motifs is 1. The molecule has 1 atom stereocenters. The van der Waals surface area contributed by atoms with Crippen molar-refractivity contribution in [1.82, 2.24) is 0 Å². The summed E-state index contributed by atoms with van der Waals surface area (Å²) in [6.45, 7) is 4.06. The van der Waals surface area contributed by atoms with Gasteiger partial charge in [-0.2, -0.15) is 0 Å². The summed E-state index contributed by atoms with van der Waals surface area (Å²) in [5.41, 5.74) is 12.2. The molecule has 0 spiro atoms. The average Bonchev–Trinajstić information content (AvgIpc) is 2.14. The maximum absolute atomic E-state index is 5.83. The summed E-state index contributed by atoms with van der Waals surface area (Å²) >= 11 is 5.83. The number of nitrogens with two attached hydrogens (primary N) is 2. The minimum atomic E-state index is -0.273. The first-order chi connectivity index (χ1) is 6.59. The van der Waals surface area contributed by atoms with E-state index in [9.17, 15) is 0 Å². The van der Waals surface area contributed by atoms with Crippen molar-refractivity contribution in [2.45, 2.75) is 6.10 Å². The van der Waals surface area contributed by atoms with Crippen LogP contribution in [-0.2, 0) is 0 Å². The topological polar surface area (TPSA) is 70.5 Å². The van der Waals surface area contributed by atoms with Crippen LogP contribution in [0.1, 0.15) is 0 Å². The zero-order valence-electron chi connectivity index (χ0n) is 7.42. The molecule has 1 aromatic carbocycles. The predicted octanol–water partition coefficient (Wildman–Crippen LogP) is 1.48. The zero-order chi connectivity index (χ0) is 10.3. The zero-order valence-corrected chi connectivity index (χ0v) is 8.17. The van der Waals surface area contributed by atoms with Crippen molar-refractivity contribution in [3.8, 4) is 11.5 Å². The van der Waals surface area contributed by atoms with Crippen molar-refractivity contribution in [2.75, 3.05) is 18.1 Å². The van der Waals surface area contributed by atoms with Crippen molar-refractivity contribution in [3.63, 3.8) is 0 Å². The van der Waals surface area contributed by atoms with Crippen LogP contribution in [0, 0.1) is 6.92 Å². The van der Waals surface area contributed by atoms with Gasteiger partial charge < -0.3 is 20.9 Å². The number of hydrogen-bond acceptors (Lipinski definition) is 4. The van der Waals surface area contributed by atoms with Gasteiger partial charge in [0.2, 0.25) is 0 Å². The molecule has 1 radical (unpaired) electrons. The fourth-order valence-corrected chi connectivity index (χ4v) is 1.49. The molecule has 1 heterocycles. The smallest absolute Gasteiger partial charge is 0.188 e. The maximum Gasteiger partial charge on any atom is 0.188 e. The Hall–Kier alpha value is -1.29. The van der Waals surface area contributed by atoms with E-state index in [1.807, 2.05) is 0 Å². The summed E-state index contributed by atoms with van der Waals surface area (Å²) in [5.74, 6) is 0.841. The van der Waals surface area contributed by atoms with Crippen LogP contribution in [0.3, 0.4) is 0 Å². The van der Waals surface area contributed by atoms with Crippen LogP contribution in [0.15, 0.2) is 6.07 Å². The Bertz CT molecular complexity index is 382. The van der Waals surface area contributed by atoms with Crippen LogP contribution in [0.5, 0.6) is 11.5 Å². The third kappa shape index (κ3) is 1.32. The van der Waals surface area contributed by atoms with Crippen LogP contribution in [0.2, 0.25) is 5.02 Å². The molecule has 4 nitrogen and oxygen atoms in total. The molecule has 0 aromatic heterocycles. The number of nitrogen functional groups attached to an aromatic ring is 2. The molecule has 4 N–H and O–H groups in total. The Labute approximate surface area is 86.7 Å². The van der Waals surface area contributed by atoms with Gasteiger partial charge in [-0.25, -0.2) is 0 Å². The minimum Gasteiger partial charge on any atom is -0.484 e. The molecule has 5 heteroatoms. The van der Waals surface area contributed by atoms with Gasteiger partial charge >= 0.3 is 0 Å². The molecular weight excluding hydrogens is 204 g/mol. The number of anilines is 2. The van der Waals surface area contributed by atoms with Crippen molar-refractivity contribution < 1.29 is 9.47 Å². The molecular formula is C9H10ClN2O2. The highest BCUT2D eigenvalue weighted by Crippen LogP contribution is 2.45. The summed E-state index contributed by atoms with van der Waals surface area (Å²) in [7, 11) is 0. The predicted molar refractivity (Wildman–Crippen MR) is 55.5 cm³/mol. The van der Waals surface area contributed by atoms with E-state index < -0.39 is 0 Å². The summed E-state index contributed by atoms with van der Waals surface area (Å²) in [6, 6.07) is 1.54. The summed E-state index contributed by atoms with van der Waals surface area (Å²) in [5, 5.41) is 0.368. The van der Waals surface area contributed by atoms with Gasteiger partial charge in [0, 0.05) is 0 Å². The normalized spacial score (nSPS) is 19.4. The highest BCUT2D eigenvalue weighted by Gasteiger charge is 2.23. The van der Waals surface area contributed by atoms with E-state index in [1.54, 1.807) is 0 Å². The quantitative estimate of drug-likeness (QED) is 0.641. The molecule has 0 amide bonds. The molecule has 14 heavy (non-hydrogen) atoms. The molecule has 0 fully saturated rings. The lowest BCUT2D eigenvalue weighted by Crippen LogP contribution is -2.27. The first-order valence-electron chi connectivity index (χ1n) is 4.09. The number of ether oxygens (including phenoxy) is 2. The van der Waals surface area contributed by atoms with Crippen molar-refractivity contribution in [2.24, 2.45) is 0 Å². The van der Waals surface area contributed by atoms with E-state index in [1.165, 1.54) is 6.07 Å². The van der Waals surface area contributed by atoms with Gasteiger partial charge in [-0.05, 0) is 13.0 Å². The molecule has 0 bridgehead atoms. The highest BCUT2D eigenvalue weighted by atomic mass is 35.5. The lowest BCUT2D eigenvalue weighted by Gasteiger charge is -2.26. The van der Waals surface area contributed by atoms with Crippen LogP contribution >= 0.6 is 11.6 Å². The standard InChI is InChI=1S/C9H10ClN2O2/c1-4-3-13-9-7(12)5(10)2-6(11)8(9)14-4/h2,4H,1,3,11-12H2. The second-order valence-corrected chi connectivity index (χ2v) is 3.48. The van der Waals surface area contributed by atoms with Crippen LogP contribution < -0.4 is 20.9 Å². The van der Waals surface area contributed by atoms with Gasteiger partial charge in [0.05, 0.1) is 16.4 Å². The van der Waals surface area contributed by atoms with Gasteiger partial charge in [-0.15, -0.1) is 0 Å². The molecule has 1 unspecified atom stereocenters. The van der Waals surface area contributed by atoms with Crippen LogP contribution in [0.4, 0.5) is 11.4 Å². The van der Waals surface area contributed by atoms with Crippen molar-refractivity contribution in [3.05, 3.63) is 18.0 Å². The van der Waals surface area contributed by atoms with Gasteiger partial charge in [0.25, 0.3) is 0 Å². The van der Waals surface area contributed by atoms with Crippen molar-refractivity contribution in [1.29, 1.82) is 0 Å². The molecule has 1 aromatic rings. The second-order valence-electron chi connectivity index (χ2n) is 3.07. The number of hydrogen-bond donors (Lipinski definition) is 2. The maximum atomic E-state index is 5.83. The fraction of sp³-hybridized carbons (Fsp3) is 0.222. The Morgan fingerprint density at radius 2 is 2.14 bits per heavy atom. The monoisotopic (exact) mass is 213 g/mol. The Kier molecular flexibility index (Phi) is 2.07. The Balaban J connectivity index is 2.57. The van der Waals surface area contributed by atoms with E-state index in [-0.39, 0.29) is 6.10 Å².